The number of benzene rings is 2. The van der Waals surface area contributed by atoms with Crippen LogP contribution in [0.25, 0.3) is 5.76 Å². The van der Waals surface area contributed by atoms with Crippen LogP contribution in [0.4, 0.5) is 5.13 Å². The third kappa shape index (κ3) is 3.34. The Hall–Kier alpha value is -3.23. The number of nitrogens with zero attached hydrogens (tertiary/aromatic N) is 3. The molecule has 1 aliphatic heterocycles. The van der Waals surface area contributed by atoms with Crippen molar-refractivity contribution < 1.29 is 19.4 Å². The molecule has 3 aromatic rings. The summed E-state index contributed by atoms with van der Waals surface area (Å²) >= 11 is 7.29. The van der Waals surface area contributed by atoms with Crippen LogP contribution in [0.15, 0.2) is 54.1 Å². The number of ether oxygens (including phenoxy) is 1. The van der Waals surface area contributed by atoms with Crippen molar-refractivity contribution in [3.05, 3.63) is 75.3 Å². The molecule has 1 amide bonds. The molecule has 1 aliphatic rings. The monoisotopic (exact) mass is 441 g/mol. The predicted molar refractivity (Wildman–Crippen MR) is 114 cm³/mol. The number of Topliss-reactive ketones (excluding diaryl/α,β-unsaturated/α-hetero) is 1. The summed E-state index contributed by atoms with van der Waals surface area (Å²) in [5.41, 5.74) is 0.795. The van der Waals surface area contributed by atoms with Crippen molar-refractivity contribution in [1.82, 2.24) is 10.2 Å². The lowest BCUT2D eigenvalue weighted by molar-refractivity contribution is -0.132. The first-order chi connectivity index (χ1) is 14.4. The number of aliphatic hydroxyl groups is 1. The van der Waals surface area contributed by atoms with Gasteiger partial charge in [-0.1, -0.05) is 53.3 Å². The van der Waals surface area contributed by atoms with Crippen LogP contribution in [0.3, 0.4) is 0 Å². The van der Waals surface area contributed by atoms with Gasteiger partial charge in [-0.25, -0.2) is 0 Å². The van der Waals surface area contributed by atoms with E-state index >= 15 is 0 Å². The summed E-state index contributed by atoms with van der Waals surface area (Å²) in [5.74, 6) is -1.66. The van der Waals surface area contributed by atoms with Gasteiger partial charge in [0.1, 0.15) is 16.5 Å². The van der Waals surface area contributed by atoms with E-state index in [0.717, 1.165) is 0 Å². The largest absolute Gasteiger partial charge is 0.507 e. The zero-order valence-electron chi connectivity index (χ0n) is 16.0. The van der Waals surface area contributed by atoms with Crippen molar-refractivity contribution in [3.8, 4) is 5.75 Å². The standard InChI is InChI=1S/C21H16ClN3O4S/c1-11-23-24-21(30-11)25-17(12-6-4-3-5-7-12)16(19(27)20(25)28)18(26)14-10-13(22)8-9-15(14)29-2/h3-10,17,26H,1-2H3/b18-16+. The summed E-state index contributed by atoms with van der Waals surface area (Å²) in [7, 11) is 1.44. The zero-order valence-corrected chi connectivity index (χ0v) is 17.6. The van der Waals surface area contributed by atoms with Crippen molar-refractivity contribution in [2.75, 3.05) is 12.0 Å². The van der Waals surface area contributed by atoms with Gasteiger partial charge in [-0.3, -0.25) is 14.5 Å². The van der Waals surface area contributed by atoms with Crippen molar-refractivity contribution in [1.29, 1.82) is 0 Å². The first-order valence-electron chi connectivity index (χ1n) is 8.92. The fourth-order valence-corrected chi connectivity index (χ4v) is 4.26. The van der Waals surface area contributed by atoms with Crippen LogP contribution in [0, 0.1) is 6.92 Å². The highest BCUT2D eigenvalue weighted by Crippen LogP contribution is 2.44. The van der Waals surface area contributed by atoms with Gasteiger partial charge in [-0.2, -0.15) is 0 Å². The summed E-state index contributed by atoms with van der Waals surface area (Å²) in [4.78, 5) is 27.3. The van der Waals surface area contributed by atoms with Crippen LogP contribution in [0.2, 0.25) is 5.02 Å². The van der Waals surface area contributed by atoms with E-state index in [9.17, 15) is 14.7 Å². The SMILES string of the molecule is COc1ccc(Cl)cc1/C(O)=C1\C(=O)C(=O)N(c2nnc(C)s2)C1c1ccccc1. The highest BCUT2D eigenvalue weighted by Gasteiger charge is 2.48. The summed E-state index contributed by atoms with van der Waals surface area (Å²) in [6.45, 7) is 1.76. The molecule has 0 saturated carbocycles. The Kier molecular flexibility index (Phi) is 5.27. The lowest BCUT2D eigenvalue weighted by atomic mass is 9.95. The van der Waals surface area contributed by atoms with Crippen LogP contribution in [0.5, 0.6) is 5.75 Å². The number of methoxy groups -OCH3 is 1. The van der Waals surface area contributed by atoms with Crippen LogP contribution in [-0.4, -0.2) is 34.1 Å². The van der Waals surface area contributed by atoms with Gasteiger partial charge in [0.15, 0.2) is 0 Å². The number of halogens is 1. The number of amides is 1. The van der Waals surface area contributed by atoms with Crippen LogP contribution in [0.1, 0.15) is 22.2 Å². The number of hydrogen-bond donors (Lipinski definition) is 1. The number of aliphatic hydroxyl groups excluding tert-OH is 1. The van der Waals surface area contributed by atoms with E-state index in [-0.39, 0.29) is 22.0 Å². The average molecular weight is 442 g/mol. The van der Waals surface area contributed by atoms with Crippen LogP contribution >= 0.6 is 22.9 Å². The van der Waals surface area contributed by atoms with Crippen molar-refractivity contribution >= 4 is 45.5 Å². The van der Waals surface area contributed by atoms with Crippen molar-refractivity contribution in [2.24, 2.45) is 0 Å². The molecule has 4 rings (SSSR count). The molecule has 1 N–H and O–H groups in total. The lowest BCUT2D eigenvalue weighted by Crippen LogP contribution is -2.29. The average Bonchev–Trinajstić information content (AvgIpc) is 3.29. The molecule has 1 aromatic heterocycles. The molecule has 0 bridgehead atoms. The Balaban J connectivity index is 1.98. The fourth-order valence-electron chi connectivity index (χ4n) is 3.37. The Morgan fingerprint density at radius 1 is 1.17 bits per heavy atom. The lowest BCUT2D eigenvalue weighted by Gasteiger charge is -2.22. The van der Waals surface area contributed by atoms with Gasteiger partial charge >= 0.3 is 5.91 Å². The second-order valence-electron chi connectivity index (χ2n) is 6.53. The molecule has 9 heteroatoms. The molecule has 7 nitrogen and oxygen atoms in total. The quantitative estimate of drug-likeness (QED) is 0.371. The van der Waals surface area contributed by atoms with E-state index in [4.69, 9.17) is 16.3 Å². The van der Waals surface area contributed by atoms with Crippen LogP contribution in [-0.2, 0) is 9.59 Å². The topological polar surface area (TPSA) is 92.6 Å². The van der Waals surface area contributed by atoms with Crippen molar-refractivity contribution in [2.45, 2.75) is 13.0 Å². The summed E-state index contributed by atoms with van der Waals surface area (Å²) in [5, 5.41) is 20.4. The number of carbonyl (C=O) groups excluding carboxylic acids is 2. The first kappa shape index (κ1) is 20.1. The maximum Gasteiger partial charge on any atom is 0.301 e. The summed E-state index contributed by atoms with van der Waals surface area (Å²) < 4.78 is 5.32. The molecule has 1 saturated heterocycles. The molecule has 2 aromatic carbocycles. The molecule has 152 valence electrons. The van der Waals surface area contributed by atoms with E-state index in [0.29, 0.717) is 21.3 Å². The summed E-state index contributed by atoms with van der Waals surface area (Å²) in [6.07, 6.45) is 0. The van der Waals surface area contributed by atoms with Gasteiger partial charge in [0.05, 0.1) is 24.3 Å². The molecule has 1 fully saturated rings. The second-order valence-corrected chi connectivity index (χ2v) is 8.12. The van der Waals surface area contributed by atoms with Gasteiger partial charge in [0.25, 0.3) is 5.78 Å². The van der Waals surface area contributed by atoms with Crippen molar-refractivity contribution in [3.63, 3.8) is 0 Å². The smallest absolute Gasteiger partial charge is 0.301 e. The Bertz CT molecular complexity index is 1180. The summed E-state index contributed by atoms with van der Waals surface area (Å²) in [6, 6.07) is 12.8. The number of anilines is 1. The molecule has 1 atom stereocenters. The fraction of sp³-hybridized carbons (Fsp3) is 0.143. The minimum atomic E-state index is -0.873. The van der Waals surface area contributed by atoms with Gasteiger partial charge in [-0.05, 0) is 30.7 Å². The first-order valence-corrected chi connectivity index (χ1v) is 10.1. The molecule has 0 radical (unpaired) electrons. The second kappa shape index (κ2) is 7.89. The minimum Gasteiger partial charge on any atom is -0.507 e. The maximum atomic E-state index is 13.1. The molecule has 0 aliphatic carbocycles. The number of ketones is 1. The van der Waals surface area contributed by atoms with E-state index in [1.165, 1.54) is 29.4 Å². The Labute approximate surface area is 181 Å². The maximum absolute atomic E-state index is 13.1. The number of aryl methyl sites for hydroxylation is 1. The Morgan fingerprint density at radius 2 is 1.90 bits per heavy atom. The molecular formula is C21H16ClN3O4S. The molecule has 2 heterocycles. The van der Waals surface area contributed by atoms with E-state index in [1.54, 1.807) is 43.3 Å². The van der Waals surface area contributed by atoms with Gasteiger partial charge in [0, 0.05) is 5.02 Å². The highest BCUT2D eigenvalue weighted by atomic mass is 35.5. The van der Waals surface area contributed by atoms with Gasteiger partial charge < -0.3 is 9.84 Å². The Morgan fingerprint density at radius 3 is 2.53 bits per heavy atom. The van der Waals surface area contributed by atoms with Gasteiger partial charge in [0.2, 0.25) is 5.13 Å². The predicted octanol–water partition coefficient (Wildman–Crippen LogP) is 4.13. The number of rotatable bonds is 4. The zero-order chi connectivity index (χ0) is 21.4. The molecule has 0 spiro atoms. The van der Waals surface area contributed by atoms with Crippen LogP contribution < -0.4 is 9.64 Å². The van der Waals surface area contributed by atoms with E-state index in [2.05, 4.69) is 10.2 Å². The third-order valence-corrected chi connectivity index (χ3v) is 5.77. The molecule has 30 heavy (non-hydrogen) atoms. The molecular weight excluding hydrogens is 426 g/mol. The number of aromatic nitrogens is 2. The number of hydrogen-bond acceptors (Lipinski definition) is 7. The third-order valence-electron chi connectivity index (χ3n) is 4.70. The van der Waals surface area contributed by atoms with Gasteiger partial charge in [-0.15, -0.1) is 10.2 Å². The molecule has 1 unspecified atom stereocenters. The van der Waals surface area contributed by atoms with E-state index in [1.807, 2.05) is 6.07 Å². The normalized spacial score (nSPS) is 18.1. The van der Waals surface area contributed by atoms with E-state index < -0.39 is 17.7 Å². The minimum absolute atomic E-state index is 0.0698. The number of carbonyl (C=O) groups is 2. The highest BCUT2D eigenvalue weighted by molar-refractivity contribution is 7.15.